The van der Waals surface area contributed by atoms with Crippen LogP contribution in [0.4, 0.5) is 4.39 Å². The maximum atomic E-state index is 14.4. The number of thioether (sulfide) groups is 1. The molecule has 0 spiro atoms. The first kappa shape index (κ1) is 27.6. The molecule has 2 aliphatic heterocycles. The first-order chi connectivity index (χ1) is 14.0. The van der Waals surface area contributed by atoms with Crippen LogP contribution in [-0.2, 0) is 9.59 Å². The molecule has 32 heavy (non-hydrogen) atoms. The van der Waals surface area contributed by atoms with Crippen molar-refractivity contribution in [2.75, 3.05) is 0 Å². The Kier molecular flexibility index (Phi) is 8.54. The van der Waals surface area contributed by atoms with E-state index in [0.717, 1.165) is 0 Å². The van der Waals surface area contributed by atoms with Crippen molar-refractivity contribution < 1.29 is 92.2 Å². The molecule has 2 aromatic rings. The van der Waals surface area contributed by atoms with Gasteiger partial charge in [0, 0.05) is 4.75 Å². The molecule has 13 heteroatoms. The van der Waals surface area contributed by atoms with Crippen molar-refractivity contribution in [1.82, 2.24) is 15.4 Å². The molecule has 2 fully saturated rings. The number of rotatable bonds is 4. The topological polar surface area (TPSA) is 113 Å². The van der Waals surface area contributed by atoms with Crippen molar-refractivity contribution in [2.45, 2.75) is 43.0 Å². The van der Waals surface area contributed by atoms with Crippen LogP contribution in [0.2, 0.25) is 5.02 Å². The molecule has 3 unspecified atom stereocenters. The van der Waals surface area contributed by atoms with Crippen LogP contribution >= 0.6 is 23.4 Å². The van der Waals surface area contributed by atoms with E-state index in [9.17, 15) is 23.9 Å². The molecular weight excluding hydrogens is 511 g/mol. The van der Waals surface area contributed by atoms with Gasteiger partial charge >= 0.3 is 57.4 Å². The third-order valence-electron chi connectivity index (χ3n) is 5.25. The molecular formula is C19H17Cl2FKN3O5S. The molecule has 8 nitrogen and oxygen atoms in total. The van der Waals surface area contributed by atoms with E-state index in [0.29, 0.717) is 0 Å². The van der Waals surface area contributed by atoms with E-state index >= 15 is 0 Å². The normalized spacial score (nSPS) is 22.8. The van der Waals surface area contributed by atoms with Crippen LogP contribution in [0.25, 0.3) is 11.3 Å². The van der Waals surface area contributed by atoms with Crippen LogP contribution in [0, 0.1) is 12.7 Å². The zero-order chi connectivity index (χ0) is 22.0. The van der Waals surface area contributed by atoms with Gasteiger partial charge in [-0.2, -0.15) is 0 Å². The molecule has 0 radical (unpaired) electrons. The summed E-state index contributed by atoms with van der Waals surface area (Å²) in [4.78, 5) is 38.5. The number of nitrogens with one attached hydrogen (secondary N) is 1. The van der Waals surface area contributed by atoms with Gasteiger partial charge < -0.3 is 32.3 Å². The largest absolute Gasteiger partial charge is 1.00 e. The smallest absolute Gasteiger partial charge is 1.00 e. The second kappa shape index (κ2) is 9.91. The third-order valence-corrected chi connectivity index (χ3v) is 7.14. The summed E-state index contributed by atoms with van der Waals surface area (Å²) in [5.41, 5.74) is -0.185. The van der Waals surface area contributed by atoms with Crippen molar-refractivity contribution in [2.24, 2.45) is 0 Å². The summed E-state index contributed by atoms with van der Waals surface area (Å²) in [5.74, 6) is -2.81. The van der Waals surface area contributed by atoms with E-state index < -0.39 is 45.8 Å². The number of amides is 2. The molecule has 2 N–H and O–H groups in total. The van der Waals surface area contributed by atoms with Crippen molar-refractivity contribution in [3.63, 3.8) is 0 Å². The molecule has 3 heterocycles. The number of nitrogens with zero attached hydrogens (tertiary/aromatic N) is 2. The minimum Gasteiger partial charge on any atom is -1.00 e. The number of aromatic nitrogens is 1. The summed E-state index contributed by atoms with van der Waals surface area (Å²) in [6.07, 6.45) is 0. The molecule has 3 atom stereocenters. The monoisotopic (exact) mass is 527 g/mol. The molecule has 2 saturated heterocycles. The number of carbonyl (C=O) groups excluding carboxylic acids is 2. The van der Waals surface area contributed by atoms with E-state index in [1.54, 1.807) is 13.8 Å². The van der Waals surface area contributed by atoms with Crippen molar-refractivity contribution in [3.8, 4) is 11.3 Å². The van der Waals surface area contributed by atoms with Crippen molar-refractivity contribution in [1.29, 1.82) is 0 Å². The summed E-state index contributed by atoms with van der Waals surface area (Å²) in [7, 11) is 0. The van der Waals surface area contributed by atoms with Gasteiger partial charge in [0.2, 0.25) is 5.91 Å². The molecule has 4 rings (SSSR count). The second-order valence-electron chi connectivity index (χ2n) is 7.61. The molecule has 0 saturated carbocycles. The van der Waals surface area contributed by atoms with Gasteiger partial charge in [-0.3, -0.25) is 9.59 Å². The average Bonchev–Trinajstić information content (AvgIpc) is 3.14. The van der Waals surface area contributed by atoms with Crippen LogP contribution in [0.3, 0.4) is 0 Å². The van der Waals surface area contributed by atoms with E-state index in [-0.39, 0.29) is 91.4 Å². The molecule has 1 aromatic carbocycles. The Balaban J connectivity index is 0.00000181. The van der Waals surface area contributed by atoms with Crippen LogP contribution in [0.15, 0.2) is 22.7 Å². The quantitative estimate of drug-likeness (QED) is 0.316. The standard InChI is InChI=1S/C19H17ClFN3O5S.ClH.K/c1-7-10(12(23-29-7)11-8(20)5-4-6-9(11)21)15(25)22-13-16(26)24-14(18(27)28)19(2,3)30-17(13)24;;/h4-6,13-14,17H,1-3H3,(H,22,25)(H,27,28);1H;/q;;+1/p-1. The summed E-state index contributed by atoms with van der Waals surface area (Å²) in [6, 6.07) is 2.17. The first-order valence-electron chi connectivity index (χ1n) is 8.99. The summed E-state index contributed by atoms with van der Waals surface area (Å²) in [6.45, 7) is 4.97. The van der Waals surface area contributed by atoms with Crippen LogP contribution in [-0.4, -0.2) is 55.2 Å². The van der Waals surface area contributed by atoms with Gasteiger partial charge in [0.15, 0.2) is 0 Å². The fraction of sp³-hybridized carbons (Fsp3) is 0.368. The van der Waals surface area contributed by atoms with Crippen molar-refractivity contribution in [3.05, 3.63) is 40.4 Å². The van der Waals surface area contributed by atoms with E-state index in [1.807, 2.05) is 0 Å². The van der Waals surface area contributed by atoms with Crippen LogP contribution in [0.5, 0.6) is 0 Å². The number of hydrogen-bond donors (Lipinski definition) is 2. The SMILES string of the molecule is Cc1onc(-c2c(F)cccc2Cl)c1C(=O)NC1C(=O)N2C1SC(C)(C)C2C(=O)O.[Cl-].[K+]. The number of β-lactam (4-membered cyclic amide) rings is 1. The Morgan fingerprint density at radius 1 is 1.38 bits per heavy atom. The molecule has 166 valence electrons. The number of aliphatic carboxylic acids is 1. The number of benzene rings is 1. The first-order valence-corrected chi connectivity index (χ1v) is 10.2. The second-order valence-corrected chi connectivity index (χ2v) is 9.79. The molecule has 1 aromatic heterocycles. The summed E-state index contributed by atoms with van der Waals surface area (Å²) < 4.78 is 18.7. The minimum absolute atomic E-state index is 0. The maximum Gasteiger partial charge on any atom is 1.00 e. The molecule has 0 aliphatic carbocycles. The predicted octanol–water partition coefficient (Wildman–Crippen LogP) is -3.30. The van der Waals surface area contributed by atoms with Crippen molar-refractivity contribution >= 4 is 41.1 Å². The van der Waals surface area contributed by atoms with E-state index in [1.165, 1.54) is 41.8 Å². The van der Waals surface area contributed by atoms with Gasteiger partial charge in [-0.1, -0.05) is 22.8 Å². The summed E-state index contributed by atoms with van der Waals surface area (Å²) in [5, 5.41) is 15.4. The Bertz CT molecular complexity index is 1080. The number of halogens is 3. The number of aryl methyl sites for hydroxylation is 1. The maximum absolute atomic E-state index is 14.4. The number of carboxylic acid groups (broad SMARTS) is 1. The fourth-order valence-electron chi connectivity index (χ4n) is 3.89. The third kappa shape index (κ3) is 4.38. The van der Waals surface area contributed by atoms with E-state index in [4.69, 9.17) is 16.1 Å². The Hall–Kier alpha value is -0.664. The number of fused-ring (bicyclic) bond motifs is 1. The molecule has 2 aliphatic rings. The van der Waals surface area contributed by atoms with E-state index in [2.05, 4.69) is 10.5 Å². The van der Waals surface area contributed by atoms with Gasteiger partial charge in [-0.25, -0.2) is 9.18 Å². The van der Waals surface area contributed by atoms with Gasteiger partial charge in [-0.05, 0) is 32.9 Å². The Morgan fingerprint density at radius 3 is 2.62 bits per heavy atom. The van der Waals surface area contributed by atoms with Gasteiger partial charge in [-0.15, -0.1) is 11.8 Å². The van der Waals surface area contributed by atoms with Crippen LogP contribution < -0.4 is 69.1 Å². The molecule has 0 bridgehead atoms. The van der Waals surface area contributed by atoms with Gasteiger partial charge in [0.1, 0.15) is 40.3 Å². The number of carbonyl (C=O) groups is 3. The fourth-order valence-corrected chi connectivity index (χ4v) is 5.77. The predicted molar refractivity (Wildman–Crippen MR) is 107 cm³/mol. The Morgan fingerprint density at radius 2 is 2.03 bits per heavy atom. The van der Waals surface area contributed by atoms with Crippen LogP contribution in [0.1, 0.15) is 30.0 Å². The number of hydrogen-bond acceptors (Lipinski definition) is 6. The summed E-state index contributed by atoms with van der Waals surface area (Å²) >= 11 is 7.40. The van der Waals surface area contributed by atoms with Gasteiger partial charge in [0.25, 0.3) is 5.91 Å². The van der Waals surface area contributed by atoms with Gasteiger partial charge in [0.05, 0.1) is 10.6 Å². The zero-order valence-electron chi connectivity index (χ0n) is 17.5. The average molecular weight is 528 g/mol. The molecule has 2 amide bonds. The minimum atomic E-state index is -1.10. The number of carboxylic acids is 1. The Labute approximate surface area is 240 Å². The zero-order valence-corrected chi connectivity index (χ0v) is 22.9.